The lowest BCUT2D eigenvalue weighted by Crippen LogP contribution is -2.31. The quantitative estimate of drug-likeness (QED) is 0.116. The molecule has 2 atom stereocenters. The summed E-state index contributed by atoms with van der Waals surface area (Å²) in [4.78, 5) is 23.8. The van der Waals surface area contributed by atoms with E-state index in [0.717, 1.165) is 32.1 Å². The molecule has 0 aliphatic rings. The first-order valence-corrected chi connectivity index (χ1v) is 12.4. The van der Waals surface area contributed by atoms with E-state index in [4.69, 9.17) is 9.47 Å². The average molecular weight is 463 g/mol. The summed E-state index contributed by atoms with van der Waals surface area (Å²) in [5.41, 5.74) is 0. The number of alkyl halides is 1. The van der Waals surface area contributed by atoms with Gasteiger partial charge in [0.2, 0.25) is 0 Å². The number of hydrogen-bond donors (Lipinski definition) is 0. The van der Waals surface area contributed by atoms with Crippen molar-refractivity contribution < 1.29 is 19.1 Å². The Morgan fingerprint density at radius 3 is 1.61 bits per heavy atom. The van der Waals surface area contributed by atoms with E-state index in [0.29, 0.717) is 6.42 Å². The molecule has 0 amide bonds. The maximum absolute atomic E-state index is 12.2. The number of carbonyl (C=O) groups excluding carboxylic acids is 2. The predicted molar refractivity (Wildman–Crippen MR) is 120 cm³/mol. The number of hydrogen-bond acceptors (Lipinski definition) is 4. The second-order valence-electron chi connectivity index (χ2n) is 7.74. The molecule has 0 aromatic carbocycles. The fourth-order valence-electron chi connectivity index (χ4n) is 3.26. The smallest absolute Gasteiger partial charge is 0.347 e. The summed E-state index contributed by atoms with van der Waals surface area (Å²) in [6.45, 7) is 4.40. The summed E-state index contributed by atoms with van der Waals surface area (Å²) in [7, 11) is 1.35. The van der Waals surface area contributed by atoms with Crippen LogP contribution in [-0.4, -0.2) is 30.0 Å². The Morgan fingerprint density at radius 2 is 1.11 bits per heavy atom. The fraction of sp³-hybridized carbons (Fsp3) is 0.913. The summed E-state index contributed by atoms with van der Waals surface area (Å²) in [6.07, 6.45) is 17.3. The zero-order valence-electron chi connectivity index (χ0n) is 18.5. The third kappa shape index (κ3) is 15.4. The molecule has 0 bridgehead atoms. The van der Waals surface area contributed by atoms with Crippen LogP contribution in [-0.2, 0) is 19.1 Å². The molecule has 0 saturated heterocycles. The molecule has 0 fully saturated rings. The van der Waals surface area contributed by atoms with Crippen molar-refractivity contribution in [3.63, 3.8) is 0 Å². The molecule has 0 aromatic rings. The average Bonchev–Trinajstić information content (AvgIpc) is 2.70. The van der Waals surface area contributed by atoms with Crippen molar-refractivity contribution >= 4 is 27.9 Å². The Kier molecular flexibility index (Phi) is 19.3. The van der Waals surface area contributed by atoms with Gasteiger partial charge >= 0.3 is 11.9 Å². The molecule has 0 aromatic heterocycles. The Bertz CT molecular complexity index is 387. The van der Waals surface area contributed by atoms with Crippen LogP contribution in [0.15, 0.2) is 0 Å². The van der Waals surface area contributed by atoms with Gasteiger partial charge in [-0.3, -0.25) is 4.79 Å². The number of methoxy groups -OCH3 is 1. The van der Waals surface area contributed by atoms with Crippen molar-refractivity contribution in [1.29, 1.82) is 0 Å². The molecule has 1 unspecified atom stereocenters. The Balaban J connectivity index is 3.98. The molecule has 0 aliphatic heterocycles. The maximum Gasteiger partial charge on any atom is 0.347 e. The minimum Gasteiger partial charge on any atom is -0.466 e. The molecule has 0 spiro atoms. The molecule has 5 heteroatoms. The van der Waals surface area contributed by atoms with Gasteiger partial charge in [-0.15, -0.1) is 0 Å². The molecule has 0 N–H and O–H groups in total. The Hall–Kier alpha value is -0.580. The van der Waals surface area contributed by atoms with Crippen LogP contribution in [0.3, 0.4) is 0 Å². The van der Waals surface area contributed by atoms with Gasteiger partial charge in [-0.25, -0.2) is 4.79 Å². The zero-order chi connectivity index (χ0) is 21.0. The number of rotatable bonds is 19. The Labute approximate surface area is 181 Å². The summed E-state index contributed by atoms with van der Waals surface area (Å²) in [5, 5.41) is 0. The van der Waals surface area contributed by atoms with Crippen LogP contribution in [0.25, 0.3) is 0 Å². The molecule has 0 aliphatic carbocycles. The van der Waals surface area contributed by atoms with Gasteiger partial charge in [0.25, 0.3) is 0 Å². The van der Waals surface area contributed by atoms with Crippen molar-refractivity contribution in [3.05, 3.63) is 0 Å². The molecule has 0 saturated carbocycles. The van der Waals surface area contributed by atoms with Gasteiger partial charge in [0.1, 0.15) is 4.83 Å². The highest BCUT2D eigenvalue weighted by molar-refractivity contribution is 9.10. The molecule has 4 nitrogen and oxygen atoms in total. The van der Waals surface area contributed by atoms with Gasteiger partial charge in [-0.2, -0.15) is 0 Å². The van der Waals surface area contributed by atoms with Crippen LogP contribution in [0.4, 0.5) is 0 Å². The van der Waals surface area contributed by atoms with Gasteiger partial charge in [0.05, 0.1) is 7.11 Å². The van der Waals surface area contributed by atoms with Crippen LogP contribution in [0.2, 0.25) is 0 Å². The van der Waals surface area contributed by atoms with Gasteiger partial charge in [-0.1, -0.05) is 113 Å². The van der Waals surface area contributed by atoms with E-state index in [1.165, 1.54) is 71.3 Å². The molecular weight excluding hydrogens is 420 g/mol. The highest BCUT2D eigenvalue weighted by Gasteiger charge is 2.26. The van der Waals surface area contributed by atoms with E-state index >= 15 is 0 Å². The third-order valence-electron chi connectivity index (χ3n) is 5.11. The SMILES string of the molecule is CCCCCCCCCCCC[C@@H](OC(=O)C(Br)CCCCCC)C(=O)OC. The number of carbonyl (C=O) groups is 2. The van der Waals surface area contributed by atoms with E-state index in [-0.39, 0.29) is 10.8 Å². The van der Waals surface area contributed by atoms with Crippen LogP contribution >= 0.6 is 15.9 Å². The molecule has 28 heavy (non-hydrogen) atoms. The minimum atomic E-state index is -0.776. The second-order valence-corrected chi connectivity index (χ2v) is 8.84. The van der Waals surface area contributed by atoms with Crippen molar-refractivity contribution in [2.45, 2.75) is 128 Å². The van der Waals surface area contributed by atoms with E-state index in [2.05, 4.69) is 29.8 Å². The topological polar surface area (TPSA) is 52.6 Å². The second kappa shape index (κ2) is 19.7. The minimum absolute atomic E-state index is 0.343. The first kappa shape index (κ1) is 27.4. The van der Waals surface area contributed by atoms with Gasteiger partial charge in [0, 0.05) is 0 Å². The predicted octanol–water partition coefficient (Wildman–Crippen LogP) is 7.12. The van der Waals surface area contributed by atoms with Crippen molar-refractivity contribution in [1.82, 2.24) is 0 Å². The molecule has 0 radical (unpaired) electrons. The van der Waals surface area contributed by atoms with E-state index < -0.39 is 12.1 Å². The number of esters is 2. The van der Waals surface area contributed by atoms with Crippen LogP contribution < -0.4 is 0 Å². The maximum atomic E-state index is 12.2. The highest BCUT2D eigenvalue weighted by atomic mass is 79.9. The van der Waals surface area contributed by atoms with E-state index in [1.54, 1.807) is 0 Å². The summed E-state index contributed by atoms with van der Waals surface area (Å²) < 4.78 is 10.3. The molecular formula is C23H43BrO4. The van der Waals surface area contributed by atoms with E-state index in [9.17, 15) is 9.59 Å². The lowest BCUT2D eigenvalue weighted by molar-refractivity contribution is -0.166. The van der Waals surface area contributed by atoms with Gasteiger partial charge in [-0.05, 0) is 19.3 Å². The van der Waals surface area contributed by atoms with Crippen LogP contribution in [0.1, 0.15) is 117 Å². The normalized spacial score (nSPS) is 13.1. The standard InChI is InChI=1S/C23H43BrO4/c1-4-6-8-10-11-12-13-14-15-17-19-21(23(26)27-3)28-22(25)20(24)18-16-9-7-5-2/h20-21H,4-19H2,1-3H3/t20?,21-/m1/s1. The summed E-state index contributed by atoms with van der Waals surface area (Å²) in [5.74, 6) is -0.797. The molecule has 0 rings (SSSR count). The first-order chi connectivity index (χ1) is 13.6. The summed E-state index contributed by atoms with van der Waals surface area (Å²) >= 11 is 3.40. The zero-order valence-corrected chi connectivity index (χ0v) is 20.1. The van der Waals surface area contributed by atoms with E-state index in [1.807, 2.05) is 0 Å². The number of ether oxygens (including phenoxy) is 2. The van der Waals surface area contributed by atoms with Crippen LogP contribution in [0.5, 0.6) is 0 Å². The monoisotopic (exact) mass is 462 g/mol. The van der Waals surface area contributed by atoms with Gasteiger partial charge < -0.3 is 9.47 Å². The Morgan fingerprint density at radius 1 is 0.679 bits per heavy atom. The fourth-order valence-corrected chi connectivity index (χ4v) is 3.69. The van der Waals surface area contributed by atoms with Crippen molar-refractivity contribution in [2.24, 2.45) is 0 Å². The largest absolute Gasteiger partial charge is 0.466 e. The number of unbranched alkanes of at least 4 members (excludes halogenated alkanes) is 12. The van der Waals surface area contributed by atoms with Gasteiger partial charge in [0.15, 0.2) is 6.10 Å². The van der Waals surface area contributed by atoms with Crippen molar-refractivity contribution in [3.8, 4) is 0 Å². The molecule has 0 heterocycles. The number of halogens is 1. The molecule has 166 valence electrons. The van der Waals surface area contributed by atoms with Crippen LogP contribution in [0, 0.1) is 0 Å². The third-order valence-corrected chi connectivity index (χ3v) is 5.94. The summed E-state index contributed by atoms with van der Waals surface area (Å²) in [6, 6.07) is 0. The lowest BCUT2D eigenvalue weighted by Gasteiger charge is -2.18. The highest BCUT2D eigenvalue weighted by Crippen LogP contribution is 2.18. The van der Waals surface area contributed by atoms with Crippen molar-refractivity contribution in [2.75, 3.05) is 7.11 Å². The lowest BCUT2D eigenvalue weighted by atomic mass is 10.0. The first-order valence-electron chi connectivity index (χ1n) is 11.5.